The Labute approximate surface area is 169 Å². The number of unbranched alkanes of at least 4 members (excludes halogenated alkanes) is 3. The van der Waals surface area contributed by atoms with Gasteiger partial charge in [0.1, 0.15) is 11.2 Å². The van der Waals surface area contributed by atoms with Gasteiger partial charge in [-0.2, -0.15) is 0 Å². The summed E-state index contributed by atoms with van der Waals surface area (Å²) < 4.78 is 0. The molecule has 29 heavy (non-hydrogen) atoms. The summed E-state index contributed by atoms with van der Waals surface area (Å²) in [7, 11) is 0. The van der Waals surface area contributed by atoms with Crippen LogP contribution < -0.4 is 5.32 Å². The number of nitro benzene ring substituents is 1. The van der Waals surface area contributed by atoms with E-state index < -0.39 is 4.92 Å². The molecule has 0 saturated carbocycles. The van der Waals surface area contributed by atoms with Crippen LogP contribution in [-0.2, 0) is 4.79 Å². The second-order valence-electron chi connectivity index (χ2n) is 7.62. The van der Waals surface area contributed by atoms with Crippen LogP contribution in [0.1, 0.15) is 55.9 Å². The van der Waals surface area contributed by atoms with Gasteiger partial charge in [0.15, 0.2) is 0 Å². The number of nitro groups is 1. The molecule has 1 aromatic heterocycles. The number of carbonyl (C=O) groups is 2. The third kappa shape index (κ3) is 4.93. The Balaban J connectivity index is 1.64. The third-order valence-corrected chi connectivity index (χ3v) is 5.47. The lowest BCUT2D eigenvalue weighted by molar-refractivity contribution is -0.383. The van der Waals surface area contributed by atoms with Crippen molar-refractivity contribution in [1.82, 2.24) is 15.2 Å². The van der Waals surface area contributed by atoms with E-state index in [1.54, 1.807) is 23.1 Å². The first-order valence-electron chi connectivity index (χ1n) is 10.3. The molecular formula is C21H28N4O4. The van der Waals surface area contributed by atoms with E-state index in [0.717, 1.165) is 32.1 Å². The average molecular weight is 400 g/mol. The molecule has 1 saturated heterocycles. The highest BCUT2D eigenvalue weighted by molar-refractivity contribution is 6.00. The number of hydrogen-bond donors (Lipinski definition) is 2. The van der Waals surface area contributed by atoms with Crippen LogP contribution in [0.3, 0.4) is 0 Å². The van der Waals surface area contributed by atoms with Gasteiger partial charge in [-0.3, -0.25) is 19.7 Å². The number of nitrogens with zero attached hydrogens (tertiary/aromatic N) is 2. The molecule has 0 spiro atoms. The molecule has 156 valence electrons. The van der Waals surface area contributed by atoms with Crippen LogP contribution in [0, 0.1) is 16.0 Å². The lowest BCUT2D eigenvalue weighted by Crippen LogP contribution is -2.45. The van der Waals surface area contributed by atoms with Gasteiger partial charge in [-0.1, -0.05) is 38.3 Å². The van der Waals surface area contributed by atoms with E-state index in [1.807, 2.05) is 0 Å². The Bertz CT molecular complexity index is 892. The smallest absolute Gasteiger partial charge is 0.293 e. The first kappa shape index (κ1) is 20.8. The van der Waals surface area contributed by atoms with Crippen LogP contribution >= 0.6 is 0 Å². The van der Waals surface area contributed by atoms with Gasteiger partial charge in [-0.25, -0.2) is 0 Å². The molecule has 0 aliphatic carbocycles. The number of para-hydroxylation sites is 1. The van der Waals surface area contributed by atoms with Crippen LogP contribution in [0.15, 0.2) is 24.3 Å². The Morgan fingerprint density at radius 2 is 2.14 bits per heavy atom. The molecule has 2 amide bonds. The minimum Gasteiger partial charge on any atom is -0.356 e. The summed E-state index contributed by atoms with van der Waals surface area (Å²) in [6, 6.07) is 6.39. The molecule has 1 aliphatic heterocycles. The van der Waals surface area contributed by atoms with E-state index in [-0.39, 0.29) is 23.4 Å². The highest BCUT2D eigenvalue weighted by Gasteiger charge is 2.29. The number of aromatic amines is 1. The molecule has 2 N–H and O–H groups in total. The van der Waals surface area contributed by atoms with Gasteiger partial charge in [0.25, 0.3) is 11.6 Å². The normalized spacial score (nSPS) is 16.7. The van der Waals surface area contributed by atoms with Gasteiger partial charge in [-0.05, 0) is 25.3 Å². The number of rotatable bonds is 8. The molecular weight excluding hydrogens is 372 g/mol. The molecule has 1 fully saturated rings. The number of nitrogens with one attached hydrogen (secondary N) is 2. The Hall–Kier alpha value is -2.90. The van der Waals surface area contributed by atoms with Crippen molar-refractivity contribution in [3.63, 3.8) is 0 Å². The van der Waals surface area contributed by atoms with E-state index in [2.05, 4.69) is 17.2 Å². The molecule has 0 radical (unpaired) electrons. The predicted molar refractivity (Wildman–Crippen MR) is 111 cm³/mol. The number of carbonyl (C=O) groups excluding carboxylic acids is 2. The molecule has 8 nitrogen and oxygen atoms in total. The number of non-ortho nitro benzene ring substituents is 1. The Morgan fingerprint density at radius 3 is 2.90 bits per heavy atom. The van der Waals surface area contributed by atoms with Crippen molar-refractivity contribution in [3.05, 3.63) is 40.1 Å². The highest BCUT2D eigenvalue weighted by atomic mass is 16.6. The Kier molecular flexibility index (Phi) is 6.85. The van der Waals surface area contributed by atoms with Gasteiger partial charge in [0.05, 0.1) is 10.8 Å². The number of benzene rings is 1. The summed E-state index contributed by atoms with van der Waals surface area (Å²) in [6.07, 6.45) is 5.94. The zero-order valence-corrected chi connectivity index (χ0v) is 16.8. The SMILES string of the molecule is CCCCCCNC(=O)C1CCCN(C(=O)c2cc3cccc([N+](=O)[O-])c3[nH]2)C1. The van der Waals surface area contributed by atoms with Crippen LogP contribution in [-0.4, -0.2) is 46.3 Å². The molecule has 0 bridgehead atoms. The summed E-state index contributed by atoms with van der Waals surface area (Å²) in [5.74, 6) is -0.431. The molecule has 8 heteroatoms. The third-order valence-electron chi connectivity index (χ3n) is 5.47. The second kappa shape index (κ2) is 9.54. The van der Waals surface area contributed by atoms with Crippen LogP contribution in [0.4, 0.5) is 5.69 Å². The van der Waals surface area contributed by atoms with E-state index in [1.165, 1.54) is 12.5 Å². The number of likely N-dealkylation sites (tertiary alicyclic amines) is 1. The fourth-order valence-electron chi connectivity index (χ4n) is 3.86. The topological polar surface area (TPSA) is 108 Å². The lowest BCUT2D eigenvalue weighted by Gasteiger charge is -2.31. The maximum atomic E-state index is 12.9. The largest absolute Gasteiger partial charge is 0.356 e. The number of amides is 2. The first-order valence-corrected chi connectivity index (χ1v) is 10.3. The van der Waals surface area contributed by atoms with Crippen molar-refractivity contribution >= 4 is 28.4 Å². The minimum absolute atomic E-state index is 0.00582. The van der Waals surface area contributed by atoms with Gasteiger partial charge in [-0.15, -0.1) is 0 Å². The molecule has 1 aliphatic rings. The lowest BCUT2D eigenvalue weighted by atomic mass is 9.96. The van der Waals surface area contributed by atoms with Crippen LogP contribution in [0.25, 0.3) is 10.9 Å². The standard InChI is InChI=1S/C21H28N4O4/c1-2-3-4-5-11-22-20(26)16-9-7-12-24(14-16)21(27)17-13-15-8-6-10-18(25(28)29)19(15)23-17/h6,8,10,13,16,23H,2-5,7,9,11-12,14H2,1H3,(H,22,26). The quantitative estimate of drug-likeness (QED) is 0.401. The first-order chi connectivity index (χ1) is 14.0. The van der Waals surface area contributed by atoms with E-state index in [4.69, 9.17) is 0 Å². The molecule has 2 heterocycles. The maximum absolute atomic E-state index is 12.9. The number of fused-ring (bicyclic) bond motifs is 1. The predicted octanol–water partition coefficient (Wildman–Crippen LogP) is 3.62. The van der Waals surface area contributed by atoms with Crippen molar-refractivity contribution in [1.29, 1.82) is 0 Å². The van der Waals surface area contributed by atoms with Crippen LogP contribution in [0.5, 0.6) is 0 Å². The van der Waals surface area contributed by atoms with E-state index in [9.17, 15) is 19.7 Å². The molecule has 3 rings (SSSR count). The number of hydrogen-bond acceptors (Lipinski definition) is 4. The fraction of sp³-hybridized carbons (Fsp3) is 0.524. The summed E-state index contributed by atoms with van der Waals surface area (Å²) in [5, 5.41) is 14.8. The van der Waals surface area contributed by atoms with Gasteiger partial charge in [0, 0.05) is 31.1 Å². The van der Waals surface area contributed by atoms with Crippen molar-refractivity contribution in [3.8, 4) is 0 Å². The number of H-pyrrole nitrogens is 1. The van der Waals surface area contributed by atoms with Crippen molar-refractivity contribution in [2.45, 2.75) is 45.4 Å². The summed E-state index contributed by atoms with van der Waals surface area (Å²) in [5.41, 5.74) is 0.606. The minimum atomic E-state index is -0.463. The molecule has 1 aromatic carbocycles. The Morgan fingerprint density at radius 1 is 1.31 bits per heavy atom. The van der Waals surface area contributed by atoms with Crippen molar-refractivity contribution < 1.29 is 14.5 Å². The van der Waals surface area contributed by atoms with Crippen molar-refractivity contribution in [2.75, 3.05) is 19.6 Å². The number of aromatic nitrogens is 1. The highest BCUT2D eigenvalue weighted by Crippen LogP contribution is 2.27. The monoisotopic (exact) mass is 400 g/mol. The maximum Gasteiger partial charge on any atom is 0.293 e. The fourth-order valence-corrected chi connectivity index (χ4v) is 3.86. The average Bonchev–Trinajstić information content (AvgIpc) is 3.17. The van der Waals surface area contributed by atoms with Crippen molar-refractivity contribution in [2.24, 2.45) is 5.92 Å². The number of piperidine rings is 1. The summed E-state index contributed by atoms with van der Waals surface area (Å²) in [4.78, 5) is 40.7. The van der Waals surface area contributed by atoms with Crippen LogP contribution in [0.2, 0.25) is 0 Å². The summed E-state index contributed by atoms with van der Waals surface area (Å²) in [6.45, 7) is 3.78. The summed E-state index contributed by atoms with van der Waals surface area (Å²) >= 11 is 0. The molecule has 1 unspecified atom stereocenters. The molecule has 2 aromatic rings. The van der Waals surface area contributed by atoms with Gasteiger partial charge < -0.3 is 15.2 Å². The van der Waals surface area contributed by atoms with Gasteiger partial charge >= 0.3 is 0 Å². The molecule has 1 atom stereocenters. The zero-order chi connectivity index (χ0) is 20.8. The zero-order valence-electron chi connectivity index (χ0n) is 16.8. The van der Waals surface area contributed by atoms with E-state index in [0.29, 0.717) is 36.2 Å². The van der Waals surface area contributed by atoms with E-state index >= 15 is 0 Å². The van der Waals surface area contributed by atoms with Gasteiger partial charge in [0.2, 0.25) is 5.91 Å². The second-order valence-corrected chi connectivity index (χ2v) is 7.62.